The molecule has 6 nitrogen and oxygen atoms in total. The normalized spacial score (nSPS) is 10.2. The van der Waals surface area contributed by atoms with E-state index < -0.39 is 5.91 Å². The van der Waals surface area contributed by atoms with Crippen molar-refractivity contribution in [3.05, 3.63) is 95.6 Å². The van der Waals surface area contributed by atoms with Crippen LogP contribution in [0.15, 0.2) is 78.9 Å². The van der Waals surface area contributed by atoms with Gasteiger partial charge < -0.3 is 9.47 Å². The lowest BCUT2D eigenvalue weighted by Gasteiger charge is -2.12. The SMILES string of the molecule is COc1ccc(CC(=O)NNC(=O)c2ccccc2OCCc2ccccc2)cc1. The Morgan fingerprint density at radius 2 is 1.50 bits per heavy atom. The lowest BCUT2D eigenvalue weighted by molar-refractivity contribution is -0.121. The van der Waals surface area contributed by atoms with Crippen molar-refractivity contribution in [3.63, 3.8) is 0 Å². The van der Waals surface area contributed by atoms with Crippen molar-refractivity contribution in [1.29, 1.82) is 0 Å². The molecule has 0 spiro atoms. The van der Waals surface area contributed by atoms with E-state index in [2.05, 4.69) is 10.9 Å². The molecule has 0 saturated carbocycles. The number of amides is 2. The first-order valence-corrected chi connectivity index (χ1v) is 9.63. The van der Waals surface area contributed by atoms with E-state index in [1.165, 1.54) is 0 Å². The molecule has 0 aliphatic heterocycles. The fraction of sp³-hybridized carbons (Fsp3) is 0.167. The highest BCUT2D eigenvalue weighted by Crippen LogP contribution is 2.18. The lowest BCUT2D eigenvalue weighted by Crippen LogP contribution is -2.42. The molecule has 0 aliphatic rings. The van der Waals surface area contributed by atoms with E-state index >= 15 is 0 Å². The summed E-state index contributed by atoms with van der Waals surface area (Å²) >= 11 is 0. The number of hydrogen-bond donors (Lipinski definition) is 2. The zero-order chi connectivity index (χ0) is 21.2. The Kier molecular flexibility index (Phi) is 7.44. The Balaban J connectivity index is 1.51. The Morgan fingerprint density at radius 3 is 2.23 bits per heavy atom. The number of hydrogen-bond acceptors (Lipinski definition) is 4. The van der Waals surface area contributed by atoms with Gasteiger partial charge in [-0.05, 0) is 35.4 Å². The van der Waals surface area contributed by atoms with Crippen LogP contribution in [-0.2, 0) is 17.6 Å². The number of para-hydroxylation sites is 1. The number of hydrazine groups is 1. The number of ether oxygens (including phenoxy) is 2. The average Bonchev–Trinajstić information content (AvgIpc) is 2.79. The number of rotatable bonds is 8. The molecule has 154 valence electrons. The van der Waals surface area contributed by atoms with E-state index in [1.54, 1.807) is 55.6 Å². The van der Waals surface area contributed by atoms with Crippen LogP contribution in [0.2, 0.25) is 0 Å². The summed E-state index contributed by atoms with van der Waals surface area (Å²) in [4.78, 5) is 24.6. The third-order valence-electron chi connectivity index (χ3n) is 4.46. The van der Waals surface area contributed by atoms with Gasteiger partial charge in [0.25, 0.3) is 5.91 Å². The second-order valence-electron chi connectivity index (χ2n) is 6.61. The Hall–Kier alpha value is -3.80. The smallest absolute Gasteiger partial charge is 0.273 e. The van der Waals surface area contributed by atoms with E-state index in [4.69, 9.17) is 9.47 Å². The van der Waals surface area contributed by atoms with Crippen molar-refractivity contribution in [2.75, 3.05) is 13.7 Å². The maximum Gasteiger partial charge on any atom is 0.273 e. The molecule has 0 fully saturated rings. The maximum absolute atomic E-state index is 12.5. The van der Waals surface area contributed by atoms with E-state index in [1.807, 2.05) is 30.3 Å². The topological polar surface area (TPSA) is 76.7 Å². The zero-order valence-electron chi connectivity index (χ0n) is 16.8. The first-order chi connectivity index (χ1) is 14.7. The lowest BCUT2D eigenvalue weighted by atomic mass is 10.1. The summed E-state index contributed by atoms with van der Waals surface area (Å²) in [7, 11) is 1.58. The molecule has 0 atom stereocenters. The first-order valence-electron chi connectivity index (χ1n) is 9.63. The highest BCUT2D eigenvalue weighted by atomic mass is 16.5. The van der Waals surface area contributed by atoms with Gasteiger partial charge in [0, 0.05) is 6.42 Å². The minimum absolute atomic E-state index is 0.138. The predicted octanol–water partition coefficient (Wildman–Crippen LogP) is 3.32. The fourth-order valence-corrected chi connectivity index (χ4v) is 2.87. The largest absolute Gasteiger partial charge is 0.497 e. The summed E-state index contributed by atoms with van der Waals surface area (Å²) in [5.74, 6) is 0.427. The molecule has 30 heavy (non-hydrogen) atoms. The van der Waals surface area contributed by atoms with E-state index in [9.17, 15) is 9.59 Å². The van der Waals surface area contributed by atoms with E-state index in [-0.39, 0.29) is 12.3 Å². The summed E-state index contributed by atoms with van der Waals surface area (Å²) in [6.07, 6.45) is 0.870. The Labute approximate surface area is 175 Å². The summed E-state index contributed by atoms with van der Waals surface area (Å²) in [6, 6.07) is 24.1. The van der Waals surface area contributed by atoms with E-state index in [0.717, 1.165) is 23.3 Å². The second kappa shape index (κ2) is 10.7. The minimum atomic E-state index is -0.437. The van der Waals surface area contributed by atoms with Gasteiger partial charge in [-0.2, -0.15) is 0 Å². The maximum atomic E-state index is 12.5. The van der Waals surface area contributed by atoms with Crippen LogP contribution < -0.4 is 20.3 Å². The minimum Gasteiger partial charge on any atom is -0.497 e. The van der Waals surface area contributed by atoms with Gasteiger partial charge in [0.05, 0.1) is 25.7 Å². The van der Waals surface area contributed by atoms with Crippen LogP contribution in [-0.4, -0.2) is 25.5 Å². The van der Waals surface area contributed by atoms with Crippen LogP contribution in [0.4, 0.5) is 0 Å². The molecule has 3 aromatic carbocycles. The van der Waals surface area contributed by atoms with Crippen LogP contribution in [0, 0.1) is 0 Å². The van der Waals surface area contributed by atoms with Gasteiger partial charge in [0.1, 0.15) is 11.5 Å². The van der Waals surface area contributed by atoms with Gasteiger partial charge in [0.15, 0.2) is 0 Å². The van der Waals surface area contributed by atoms with Gasteiger partial charge in [-0.15, -0.1) is 0 Å². The highest BCUT2D eigenvalue weighted by Gasteiger charge is 2.13. The molecule has 2 N–H and O–H groups in total. The fourth-order valence-electron chi connectivity index (χ4n) is 2.87. The van der Waals surface area contributed by atoms with Gasteiger partial charge in [-0.1, -0.05) is 54.6 Å². The molecule has 0 aromatic heterocycles. The first kappa shape index (κ1) is 20.9. The monoisotopic (exact) mass is 404 g/mol. The van der Waals surface area contributed by atoms with Crippen LogP contribution in [0.3, 0.4) is 0 Å². The Morgan fingerprint density at radius 1 is 0.800 bits per heavy atom. The average molecular weight is 404 g/mol. The molecular weight excluding hydrogens is 380 g/mol. The number of methoxy groups -OCH3 is 1. The van der Waals surface area contributed by atoms with Crippen molar-refractivity contribution in [1.82, 2.24) is 10.9 Å². The molecule has 0 aliphatic carbocycles. The predicted molar refractivity (Wildman–Crippen MR) is 114 cm³/mol. The summed E-state index contributed by atoms with van der Waals surface area (Å²) in [5.41, 5.74) is 7.22. The van der Waals surface area contributed by atoms with Crippen molar-refractivity contribution in [2.24, 2.45) is 0 Å². The summed E-state index contributed by atoms with van der Waals surface area (Å²) in [6.45, 7) is 0.443. The number of nitrogens with one attached hydrogen (secondary N) is 2. The van der Waals surface area contributed by atoms with Crippen molar-refractivity contribution < 1.29 is 19.1 Å². The number of carbonyl (C=O) groups is 2. The van der Waals surface area contributed by atoms with Gasteiger partial charge >= 0.3 is 0 Å². The molecule has 0 heterocycles. The third kappa shape index (κ3) is 6.10. The molecule has 6 heteroatoms. The van der Waals surface area contributed by atoms with Gasteiger partial charge in [-0.3, -0.25) is 20.4 Å². The third-order valence-corrected chi connectivity index (χ3v) is 4.46. The molecule has 0 unspecified atom stereocenters. The zero-order valence-corrected chi connectivity index (χ0v) is 16.8. The van der Waals surface area contributed by atoms with Crippen molar-refractivity contribution >= 4 is 11.8 Å². The molecule has 0 radical (unpaired) electrons. The molecule has 0 saturated heterocycles. The molecule has 3 rings (SSSR count). The van der Waals surface area contributed by atoms with Gasteiger partial charge in [0.2, 0.25) is 5.91 Å². The van der Waals surface area contributed by atoms with Crippen LogP contribution in [0.5, 0.6) is 11.5 Å². The van der Waals surface area contributed by atoms with Crippen LogP contribution >= 0.6 is 0 Å². The standard InChI is InChI=1S/C24H24N2O4/c1-29-20-13-11-19(12-14-20)17-23(27)25-26-24(28)21-9-5-6-10-22(21)30-16-15-18-7-3-2-4-8-18/h2-14H,15-17H2,1H3,(H,25,27)(H,26,28). The summed E-state index contributed by atoms with van der Waals surface area (Å²) in [5, 5.41) is 0. The Bertz CT molecular complexity index is 972. The molecular formula is C24H24N2O4. The molecule has 3 aromatic rings. The quantitative estimate of drug-likeness (QED) is 0.565. The molecule has 2 amide bonds. The van der Waals surface area contributed by atoms with Crippen LogP contribution in [0.1, 0.15) is 21.5 Å². The molecule has 0 bridgehead atoms. The van der Waals surface area contributed by atoms with Crippen LogP contribution in [0.25, 0.3) is 0 Å². The van der Waals surface area contributed by atoms with E-state index in [0.29, 0.717) is 17.9 Å². The second-order valence-corrected chi connectivity index (χ2v) is 6.61. The summed E-state index contributed by atoms with van der Waals surface area (Å²) < 4.78 is 10.9. The number of carbonyl (C=O) groups excluding carboxylic acids is 2. The number of benzene rings is 3. The van der Waals surface area contributed by atoms with Gasteiger partial charge in [-0.25, -0.2) is 0 Å². The highest BCUT2D eigenvalue weighted by molar-refractivity contribution is 5.97. The van der Waals surface area contributed by atoms with Crippen molar-refractivity contribution in [2.45, 2.75) is 12.8 Å². The van der Waals surface area contributed by atoms with Crippen molar-refractivity contribution in [3.8, 4) is 11.5 Å².